The summed E-state index contributed by atoms with van der Waals surface area (Å²) in [6, 6.07) is 8.64. The second-order valence-corrected chi connectivity index (χ2v) is 8.25. The molecule has 0 fully saturated rings. The van der Waals surface area contributed by atoms with E-state index in [4.69, 9.17) is 4.74 Å². The number of methoxy groups -OCH3 is 1. The van der Waals surface area contributed by atoms with Crippen LogP contribution in [0.5, 0.6) is 5.75 Å². The normalized spacial score (nSPS) is 12.2. The molecule has 0 radical (unpaired) electrons. The molecule has 0 bridgehead atoms. The summed E-state index contributed by atoms with van der Waals surface area (Å²) in [5, 5.41) is 6.94. The van der Waals surface area contributed by atoms with Gasteiger partial charge in [0.25, 0.3) is 5.91 Å². The highest BCUT2D eigenvalue weighted by molar-refractivity contribution is 7.89. The van der Waals surface area contributed by atoms with Gasteiger partial charge < -0.3 is 15.4 Å². The molecular weight excluding hydrogens is 390 g/mol. The van der Waals surface area contributed by atoms with Crippen LogP contribution in [0.4, 0.5) is 0 Å². The fraction of sp³-hybridized carbons (Fsp3) is 0.294. The molecule has 146 valence electrons. The summed E-state index contributed by atoms with van der Waals surface area (Å²) in [6.45, 7) is 1.67. The zero-order valence-electron chi connectivity index (χ0n) is 14.9. The number of ether oxygens (including phenoxy) is 1. The number of hydrogen-bond donors (Lipinski definition) is 3. The lowest BCUT2D eigenvalue weighted by Crippen LogP contribution is -2.46. The second kappa shape index (κ2) is 9.49. The average Bonchev–Trinajstić information content (AvgIpc) is 3.20. The predicted octanol–water partition coefficient (Wildman–Crippen LogP) is 0.970. The number of carbonyl (C=O) groups is 2. The summed E-state index contributed by atoms with van der Waals surface area (Å²) in [6.07, 6.45) is 0. The Morgan fingerprint density at radius 2 is 1.85 bits per heavy atom. The molecule has 0 saturated heterocycles. The van der Waals surface area contributed by atoms with Gasteiger partial charge in [-0.15, -0.1) is 11.3 Å². The molecule has 1 heterocycles. The van der Waals surface area contributed by atoms with Crippen LogP contribution in [0.3, 0.4) is 0 Å². The van der Waals surface area contributed by atoms with Gasteiger partial charge in [0, 0.05) is 13.1 Å². The largest absolute Gasteiger partial charge is 0.497 e. The van der Waals surface area contributed by atoms with E-state index in [9.17, 15) is 18.0 Å². The summed E-state index contributed by atoms with van der Waals surface area (Å²) in [7, 11) is -2.18. The van der Waals surface area contributed by atoms with Gasteiger partial charge in [0.15, 0.2) is 0 Å². The summed E-state index contributed by atoms with van der Waals surface area (Å²) in [5.74, 6) is -0.170. The summed E-state index contributed by atoms with van der Waals surface area (Å²) < 4.78 is 31.7. The first-order valence-corrected chi connectivity index (χ1v) is 10.5. The highest BCUT2D eigenvalue weighted by atomic mass is 32.2. The molecule has 2 rings (SSSR count). The van der Waals surface area contributed by atoms with E-state index < -0.39 is 22.0 Å². The molecule has 0 aliphatic heterocycles. The van der Waals surface area contributed by atoms with Gasteiger partial charge in [0.2, 0.25) is 15.9 Å². The number of hydrogen-bond acceptors (Lipinski definition) is 6. The van der Waals surface area contributed by atoms with Gasteiger partial charge in [-0.1, -0.05) is 6.07 Å². The van der Waals surface area contributed by atoms with E-state index in [-0.39, 0.29) is 23.9 Å². The van der Waals surface area contributed by atoms with Crippen molar-refractivity contribution in [3.8, 4) is 5.75 Å². The summed E-state index contributed by atoms with van der Waals surface area (Å²) >= 11 is 1.28. The molecule has 0 aliphatic rings. The molecule has 1 atom stereocenters. The molecule has 0 unspecified atom stereocenters. The Labute approximate surface area is 162 Å². The minimum absolute atomic E-state index is 0.0195. The smallest absolute Gasteiger partial charge is 0.261 e. The molecule has 1 aromatic carbocycles. The maximum Gasteiger partial charge on any atom is 0.261 e. The number of sulfonamides is 1. The predicted molar refractivity (Wildman–Crippen MR) is 102 cm³/mol. The topological polar surface area (TPSA) is 114 Å². The molecule has 27 heavy (non-hydrogen) atoms. The van der Waals surface area contributed by atoms with Crippen LogP contribution in [0.15, 0.2) is 46.7 Å². The van der Waals surface area contributed by atoms with Crippen LogP contribution >= 0.6 is 11.3 Å². The Balaban J connectivity index is 1.76. The third kappa shape index (κ3) is 6.05. The molecule has 0 aliphatic carbocycles. The maximum absolute atomic E-state index is 12.2. The van der Waals surface area contributed by atoms with Crippen LogP contribution in [-0.4, -0.2) is 46.5 Å². The molecule has 2 amide bonds. The highest BCUT2D eigenvalue weighted by Crippen LogP contribution is 2.15. The molecule has 0 saturated carbocycles. The lowest BCUT2D eigenvalue weighted by atomic mass is 10.3. The van der Waals surface area contributed by atoms with Crippen molar-refractivity contribution in [1.82, 2.24) is 15.4 Å². The van der Waals surface area contributed by atoms with Crippen molar-refractivity contribution in [2.45, 2.75) is 17.9 Å². The lowest BCUT2D eigenvalue weighted by molar-refractivity contribution is -0.122. The molecule has 2 aromatic rings. The molecule has 0 spiro atoms. The third-order valence-electron chi connectivity index (χ3n) is 3.57. The number of thiophene rings is 1. The van der Waals surface area contributed by atoms with Crippen molar-refractivity contribution >= 4 is 33.2 Å². The Hall–Kier alpha value is -2.43. The Bertz CT molecular complexity index is 864. The van der Waals surface area contributed by atoms with E-state index in [0.29, 0.717) is 10.6 Å². The van der Waals surface area contributed by atoms with Crippen LogP contribution in [-0.2, 0) is 14.8 Å². The quantitative estimate of drug-likeness (QED) is 0.532. The first-order valence-electron chi connectivity index (χ1n) is 8.09. The minimum Gasteiger partial charge on any atom is -0.497 e. The SMILES string of the molecule is COc1ccc(S(=O)(=O)NCCNC(=O)[C@@H](C)NC(=O)c2cccs2)cc1. The van der Waals surface area contributed by atoms with Crippen molar-refractivity contribution < 1.29 is 22.7 Å². The minimum atomic E-state index is -3.68. The number of benzene rings is 1. The van der Waals surface area contributed by atoms with Crippen molar-refractivity contribution in [2.24, 2.45) is 0 Å². The van der Waals surface area contributed by atoms with E-state index in [0.717, 1.165) is 0 Å². The van der Waals surface area contributed by atoms with Crippen molar-refractivity contribution in [3.63, 3.8) is 0 Å². The Morgan fingerprint density at radius 3 is 2.44 bits per heavy atom. The van der Waals surface area contributed by atoms with Crippen LogP contribution in [0, 0.1) is 0 Å². The van der Waals surface area contributed by atoms with Crippen molar-refractivity contribution in [3.05, 3.63) is 46.7 Å². The van der Waals surface area contributed by atoms with Gasteiger partial charge in [0.1, 0.15) is 11.8 Å². The van der Waals surface area contributed by atoms with E-state index in [1.54, 1.807) is 36.6 Å². The fourth-order valence-electron chi connectivity index (χ4n) is 2.10. The fourth-order valence-corrected chi connectivity index (χ4v) is 3.76. The number of carbonyl (C=O) groups excluding carboxylic acids is 2. The van der Waals surface area contributed by atoms with Gasteiger partial charge in [0.05, 0.1) is 16.9 Å². The first kappa shape index (κ1) is 20.9. The van der Waals surface area contributed by atoms with Gasteiger partial charge in [-0.3, -0.25) is 9.59 Å². The van der Waals surface area contributed by atoms with E-state index in [1.807, 2.05) is 0 Å². The summed E-state index contributed by atoms with van der Waals surface area (Å²) in [5.41, 5.74) is 0. The lowest BCUT2D eigenvalue weighted by Gasteiger charge is -2.14. The van der Waals surface area contributed by atoms with Crippen molar-refractivity contribution in [1.29, 1.82) is 0 Å². The van der Waals surface area contributed by atoms with E-state index in [2.05, 4.69) is 15.4 Å². The number of amides is 2. The standard InChI is InChI=1S/C17H21N3O5S2/c1-12(20-17(22)15-4-3-11-26-15)16(21)18-9-10-19-27(23,24)14-7-5-13(25-2)6-8-14/h3-8,11-12,19H,9-10H2,1-2H3,(H,18,21)(H,20,22)/t12-/m1/s1. The summed E-state index contributed by atoms with van der Waals surface area (Å²) in [4.78, 5) is 24.5. The second-order valence-electron chi connectivity index (χ2n) is 5.54. The van der Waals surface area contributed by atoms with Crippen molar-refractivity contribution in [2.75, 3.05) is 20.2 Å². The zero-order chi connectivity index (χ0) is 19.9. The molecule has 3 N–H and O–H groups in total. The van der Waals surface area contributed by atoms with Gasteiger partial charge in [-0.25, -0.2) is 13.1 Å². The molecular formula is C17H21N3O5S2. The van der Waals surface area contributed by atoms with Crippen LogP contribution in [0.1, 0.15) is 16.6 Å². The van der Waals surface area contributed by atoms with E-state index >= 15 is 0 Å². The average molecular weight is 412 g/mol. The Morgan fingerprint density at radius 1 is 1.15 bits per heavy atom. The molecule has 8 nitrogen and oxygen atoms in total. The Kier molecular flexibility index (Phi) is 7.34. The number of rotatable bonds is 9. The van der Waals surface area contributed by atoms with Gasteiger partial charge >= 0.3 is 0 Å². The van der Waals surface area contributed by atoms with Crippen LogP contribution in [0.2, 0.25) is 0 Å². The monoisotopic (exact) mass is 411 g/mol. The zero-order valence-corrected chi connectivity index (χ0v) is 16.5. The van der Waals surface area contributed by atoms with E-state index in [1.165, 1.54) is 30.6 Å². The highest BCUT2D eigenvalue weighted by Gasteiger charge is 2.17. The third-order valence-corrected chi connectivity index (χ3v) is 5.92. The van der Waals surface area contributed by atoms with Gasteiger partial charge in [-0.05, 0) is 42.6 Å². The maximum atomic E-state index is 12.2. The van der Waals surface area contributed by atoms with Crippen LogP contribution < -0.4 is 20.1 Å². The van der Waals surface area contributed by atoms with Crippen LogP contribution in [0.25, 0.3) is 0 Å². The number of nitrogens with one attached hydrogen (secondary N) is 3. The van der Waals surface area contributed by atoms with Gasteiger partial charge in [-0.2, -0.15) is 0 Å². The molecule has 10 heteroatoms. The first-order chi connectivity index (χ1) is 12.8. The molecule has 1 aromatic heterocycles.